The van der Waals surface area contributed by atoms with Gasteiger partial charge >= 0.3 is 0 Å². The molecule has 14 heavy (non-hydrogen) atoms. The molecule has 2 rings (SSSR count). The lowest BCUT2D eigenvalue weighted by molar-refractivity contribution is 0.215. The molecule has 2 heterocycles. The van der Waals surface area contributed by atoms with E-state index >= 15 is 0 Å². The third kappa shape index (κ3) is 1.78. The zero-order chi connectivity index (χ0) is 9.80. The maximum absolute atomic E-state index is 9.89. The molecule has 1 atom stereocenters. The lowest BCUT2D eigenvalue weighted by atomic mass is 10.1. The molecule has 1 N–H and O–H groups in total. The first kappa shape index (κ1) is 8.84. The molecule has 0 bridgehead atoms. The Bertz CT molecular complexity index is 349. The Labute approximate surface area is 82.1 Å². The van der Waals surface area contributed by atoms with Crippen molar-refractivity contribution < 1.29 is 5.11 Å². The lowest BCUT2D eigenvalue weighted by Crippen LogP contribution is -2.01. The average Bonchev–Trinajstić information content (AvgIpc) is 2.30. The van der Waals surface area contributed by atoms with E-state index in [-0.39, 0.29) is 0 Å². The van der Waals surface area contributed by atoms with Gasteiger partial charge in [0, 0.05) is 24.2 Å². The van der Waals surface area contributed by atoms with Crippen LogP contribution < -0.4 is 0 Å². The maximum Gasteiger partial charge on any atom is 0.122 e. The van der Waals surface area contributed by atoms with Crippen LogP contribution in [0.1, 0.15) is 17.4 Å². The summed E-state index contributed by atoms with van der Waals surface area (Å²) < 4.78 is 0. The van der Waals surface area contributed by atoms with Crippen LogP contribution in [0, 0.1) is 0 Å². The largest absolute Gasteiger partial charge is 0.382 e. The highest BCUT2D eigenvalue weighted by Crippen LogP contribution is 2.17. The van der Waals surface area contributed by atoms with Gasteiger partial charge in [0.25, 0.3) is 0 Å². The number of nitrogens with zero attached hydrogens (tertiary/aromatic N) is 2. The number of aromatic nitrogens is 2. The Morgan fingerprint density at radius 1 is 1.07 bits per heavy atom. The van der Waals surface area contributed by atoms with Gasteiger partial charge < -0.3 is 5.11 Å². The minimum atomic E-state index is -0.690. The fraction of sp³-hybridized carbons (Fsp3) is 0.0909. The van der Waals surface area contributed by atoms with Crippen LogP contribution in [0.4, 0.5) is 0 Å². The highest BCUT2D eigenvalue weighted by Gasteiger charge is 2.10. The lowest BCUT2D eigenvalue weighted by Gasteiger charge is -2.08. The van der Waals surface area contributed by atoms with Gasteiger partial charge in [-0.05, 0) is 18.2 Å². The Morgan fingerprint density at radius 2 is 2.00 bits per heavy atom. The van der Waals surface area contributed by atoms with Crippen LogP contribution in [0.25, 0.3) is 0 Å². The standard InChI is InChI=1S/C11H10N2O/c14-11(9-4-3-6-12-8-9)10-5-1-2-7-13-10/h1-8,11,14H/t11-/m1/s1. The van der Waals surface area contributed by atoms with E-state index in [1.165, 1.54) is 0 Å². The molecule has 0 saturated carbocycles. The van der Waals surface area contributed by atoms with Crippen molar-refractivity contribution in [2.45, 2.75) is 6.10 Å². The second-order valence-corrected chi connectivity index (χ2v) is 2.94. The van der Waals surface area contributed by atoms with Crippen LogP contribution in [-0.2, 0) is 0 Å². The average molecular weight is 186 g/mol. The van der Waals surface area contributed by atoms with Crippen LogP contribution in [0.15, 0.2) is 48.9 Å². The first-order valence-corrected chi connectivity index (χ1v) is 4.37. The molecular weight excluding hydrogens is 176 g/mol. The number of rotatable bonds is 2. The molecule has 2 aromatic heterocycles. The highest BCUT2D eigenvalue weighted by molar-refractivity contribution is 5.22. The molecule has 0 saturated heterocycles. The summed E-state index contributed by atoms with van der Waals surface area (Å²) in [4.78, 5) is 8.02. The predicted molar refractivity (Wildman–Crippen MR) is 52.5 cm³/mol. The van der Waals surface area contributed by atoms with Crippen molar-refractivity contribution in [2.75, 3.05) is 0 Å². The summed E-state index contributed by atoms with van der Waals surface area (Å²) in [6.07, 6.45) is 4.29. The zero-order valence-corrected chi connectivity index (χ0v) is 7.54. The summed E-state index contributed by atoms with van der Waals surface area (Å²) in [5, 5.41) is 9.89. The van der Waals surface area contributed by atoms with E-state index in [1.807, 2.05) is 18.2 Å². The summed E-state index contributed by atoms with van der Waals surface area (Å²) in [5.41, 5.74) is 1.40. The zero-order valence-electron chi connectivity index (χ0n) is 7.54. The quantitative estimate of drug-likeness (QED) is 0.774. The SMILES string of the molecule is O[C@H](c1cccnc1)c1ccccn1. The summed E-state index contributed by atoms with van der Waals surface area (Å²) in [7, 11) is 0. The van der Waals surface area contributed by atoms with Crippen molar-refractivity contribution >= 4 is 0 Å². The van der Waals surface area contributed by atoms with Crippen molar-refractivity contribution in [1.29, 1.82) is 0 Å². The van der Waals surface area contributed by atoms with Crippen molar-refractivity contribution in [3.8, 4) is 0 Å². The van der Waals surface area contributed by atoms with Gasteiger partial charge in [-0.1, -0.05) is 12.1 Å². The fourth-order valence-corrected chi connectivity index (χ4v) is 1.25. The Kier molecular flexibility index (Phi) is 2.51. The fourth-order valence-electron chi connectivity index (χ4n) is 1.25. The maximum atomic E-state index is 9.89. The molecule has 0 spiro atoms. The second kappa shape index (κ2) is 3.98. The van der Waals surface area contributed by atoms with Crippen molar-refractivity contribution in [3.63, 3.8) is 0 Å². The molecule has 0 unspecified atom stereocenters. The predicted octanol–water partition coefficient (Wildman–Crippen LogP) is 1.56. The topological polar surface area (TPSA) is 46.0 Å². The van der Waals surface area contributed by atoms with E-state index < -0.39 is 6.10 Å². The number of aliphatic hydroxyl groups is 1. The summed E-state index contributed by atoms with van der Waals surface area (Å²) in [5.74, 6) is 0. The summed E-state index contributed by atoms with van der Waals surface area (Å²) in [6, 6.07) is 9.08. The van der Waals surface area contributed by atoms with Gasteiger partial charge in [-0.2, -0.15) is 0 Å². The molecule has 0 aliphatic carbocycles. The highest BCUT2D eigenvalue weighted by atomic mass is 16.3. The van der Waals surface area contributed by atoms with Gasteiger partial charge in [0.2, 0.25) is 0 Å². The van der Waals surface area contributed by atoms with Gasteiger partial charge in [0.15, 0.2) is 0 Å². The molecule has 2 aromatic rings. The normalized spacial score (nSPS) is 12.4. The van der Waals surface area contributed by atoms with E-state index in [0.29, 0.717) is 5.69 Å². The molecule has 0 fully saturated rings. The number of aliphatic hydroxyl groups excluding tert-OH is 1. The molecule has 0 amide bonds. The van der Waals surface area contributed by atoms with E-state index in [2.05, 4.69) is 9.97 Å². The third-order valence-electron chi connectivity index (χ3n) is 1.97. The van der Waals surface area contributed by atoms with Crippen LogP contribution in [0.2, 0.25) is 0 Å². The van der Waals surface area contributed by atoms with Crippen LogP contribution in [-0.4, -0.2) is 15.1 Å². The Morgan fingerprint density at radius 3 is 2.64 bits per heavy atom. The van der Waals surface area contributed by atoms with Crippen molar-refractivity contribution in [3.05, 3.63) is 60.2 Å². The van der Waals surface area contributed by atoms with Crippen LogP contribution in [0.3, 0.4) is 0 Å². The van der Waals surface area contributed by atoms with Gasteiger partial charge in [-0.3, -0.25) is 9.97 Å². The van der Waals surface area contributed by atoms with Crippen molar-refractivity contribution in [2.24, 2.45) is 0 Å². The van der Waals surface area contributed by atoms with Crippen molar-refractivity contribution in [1.82, 2.24) is 9.97 Å². The summed E-state index contributed by atoms with van der Waals surface area (Å²) in [6.45, 7) is 0. The molecule has 70 valence electrons. The molecule has 0 aromatic carbocycles. The van der Waals surface area contributed by atoms with Gasteiger partial charge in [-0.25, -0.2) is 0 Å². The van der Waals surface area contributed by atoms with Crippen LogP contribution >= 0.6 is 0 Å². The molecule has 0 aliphatic rings. The first-order chi connectivity index (χ1) is 6.88. The number of pyridine rings is 2. The Hall–Kier alpha value is -1.74. The summed E-state index contributed by atoms with van der Waals surface area (Å²) >= 11 is 0. The van der Waals surface area contributed by atoms with E-state index in [1.54, 1.807) is 30.7 Å². The van der Waals surface area contributed by atoms with E-state index in [9.17, 15) is 5.11 Å². The molecule has 0 radical (unpaired) electrons. The molecule has 3 heteroatoms. The van der Waals surface area contributed by atoms with Gasteiger partial charge in [0.05, 0.1) is 5.69 Å². The van der Waals surface area contributed by atoms with Crippen LogP contribution in [0.5, 0.6) is 0 Å². The second-order valence-electron chi connectivity index (χ2n) is 2.94. The third-order valence-corrected chi connectivity index (χ3v) is 1.97. The minimum absolute atomic E-state index is 0.639. The molecule has 3 nitrogen and oxygen atoms in total. The number of hydrogen-bond acceptors (Lipinski definition) is 3. The molecular formula is C11H10N2O. The number of hydrogen-bond donors (Lipinski definition) is 1. The first-order valence-electron chi connectivity index (χ1n) is 4.37. The molecule has 0 aliphatic heterocycles. The Balaban J connectivity index is 2.30. The van der Waals surface area contributed by atoms with E-state index in [4.69, 9.17) is 0 Å². The minimum Gasteiger partial charge on any atom is -0.382 e. The smallest absolute Gasteiger partial charge is 0.122 e. The monoisotopic (exact) mass is 186 g/mol. The van der Waals surface area contributed by atoms with Gasteiger partial charge in [0.1, 0.15) is 6.10 Å². The van der Waals surface area contributed by atoms with E-state index in [0.717, 1.165) is 5.56 Å². The van der Waals surface area contributed by atoms with Gasteiger partial charge in [-0.15, -0.1) is 0 Å².